The van der Waals surface area contributed by atoms with Gasteiger partial charge in [-0.1, -0.05) is 0 Å². The molecule has 1 heterocycles. The van der Waals surface area contributed by atoms with Crippen LogP contribution in [0.15, 0.2) is 0 Å². The Kier molecular flexibility index (Phi) is 4.39. The van der Waals surface area contributed by atoms with Crippen molar-refractivity contribution in [2.24, 2.45) is 0 Å². The molecule has 1 aliphatic heterocycles. The zero-order chi connectivity index (χ0) is 10.4. The highest BCUT2D eigenvalue weighted by Gasteiger charge is 2.18. The van der Waals surface area contributed by atoms with E-state index in [0.717, 1.165) is 25.9 Å². The molecule has 2 N–H and O–H groups in total. The van der Waals surface area contributed by atoms with Crippen molar-refractivity contribution in [1.82, 2.24) is 10.2 Å². The number of nitrogens with one attached hydrogen (secondary N) is 1. The lowest BCUT2D eigenvalue weighted by molar-refractivity contribution is -0.136. The Labute approximate surface area is 83.1 Å². The SMILES string of the molecule is O=C(O)CNCCCN1CCCC1=O. The number of likely N-dealkylation sites (tertiary alicyclic amines) is 1. The van der Waals surface area contributed by atoms with Crippen molar-refractivity contribution in [1.29, 1.82) is 0 Å². The Morgan fingerprint density at radius 3 is 2.93 bits per heavy atom. The van der Waals surface area contributed by atoms with E-state index in [2.05, 4.69) is 5.32 Å². The first-order valence-corrected chi connectivity index (χ1v) is 4.90. The second-order valence-electron chi connectivity index (χ2n) is 3.41. The first-order valence-electron chi connectivity index (χ1n) is 4.90. The van der Waals surface area contributed by atoms with Crippen molar-refractivity contribution in [3.63, 3.8) is 0 Å². The Morgan fingerprint density at radius 2 is 2.36 bits per heavy atom. The lowest BCUT2D eigenvalue weighted by Crippen LogP contribution is -2.30. The van der Waals surface area contributed by atoms with Gasteiger partial charge in [-0.25, -0.2) is 0 Å². The number of hydrogen-bond acceptors (Lipinski definition) is 3. The number of carbonyl (C=O) groups excluding carboxylic acids is 1. The third-order valence-corrected chi connectivity index (χ3v) is 2.23. The fourth-order valence-corrected chi connectivity index (χ4v) is 1.53. The van der Waals surface area contributed by atoms with Crippen LogP contribution in [-0.4, -0.2) is 48.1 Å². The van der Waals surface area contributed by atoms with Crippen LogP contribution in [0.3, 0.4) is 0 Å². The van der Waals surface area contributed by atoms with Crippen LogP contribution in [0.2, 0.25) is 0 Å². The molecule has 1 saturated heterocycles. The highest BCUT2D eigenvalue weighted by molar-refractivity contribution is 5.78. The average Bonchev–Trinajstić information content (AvgIpc) is 2.51. The summed E-state index contributed by atoms with van der Waals surface area (Å²) in [5.74, 6) is -0.620. The van der Waals surface area contributed by atoms with Gasteiger partial charge >= 0.3 is 5.97 Å². The summed E-state index contributed by atoms with van der Waals surface area (Å²) in [4.78, 5) is 23.1. The largest absolute Gasteiger partial charge is 0.480 e. The summed E-state index contributed by atoms with van der Waals surface area (Å²) < 4.78 is 0. The second kappa shape index (κ2) is 5.59. The number of hydrogen-bond donors (Lipinski definition) is 2. The molecule has 80 valence electrons. The van der Waals surface area contributed by atoms with E-state index in [0.29, 0.717) is 13.0 Å². The summed E-state index contributed by atoms with van der Waals surface area (Å²) >= 11 is 0. The molecular weight excluding hydrogens is 184 g/mol. The van der Waals surface area contributed by atoms with Crippen molar-refractivity contribution in [3.05, 3.63) is 0 Å². The van der Waals surface area contributed by atoms with Gasteiger partial charge in [0.1, 0.15) is 0 Å². The average molecular weight is 200 g/mol. The third kappa shape index (κ3) is 3.74. The number of rotatable bonds is 6. The topological polar surface area (TPSA) is 69.6 Å². The Balaban J connectivity index is 1.98. The van der Waals surface area contributed by atoms with Crippen molar-refractivity contribution >= 4 is 11.9 Å². The fourth-order valence-electron chi connectivity index (χ4n) is 1.53. The van der Waals surface area contributed by atoms with E-state index in [1.54, 1.807) is 0 Å². The normalized spacial score (nSPS) is 16.3. The highest BCUT2D eigenvalue weighted by Crippen LogP contribution is 2.09. The standard InChI is InChI=1S/C9H16N2O3/c12-8-3-1-5-11(8)6-2-4-10-7-9(13)14/h10H,1-7H2,(H,13,14). The molecule has 1 amide bonds. The number of aliphatic carboxylic acids is 1. The van der Waals surface area contributed by atoms with Gasteiger partial charge in [-0.05, 0) is 19.4 Å². The maximum Gasteiger partial charge on any atom is 0.317 e. The molecule has 1 fully saturated rings. The van der Waals surface area contributed by atoms with Gasteiger partial charge in [0.2, 0.25) is 5.91 Å². The summed E-state index contributed by atoms with van der Waals surface area (Å²) in [7, 11) is 0. The maximum atomic E-state index is 11.2. The van der Waals surface area contributed by atoms with Crippen LogP contribution in [0, 0.1) is 0 Å². The molecule has 0 aromatic rings. The van der Waals surface area contributed by atoms with Crippen LogP contribution < -0.4 is 5.32 Å². The summed E-state index contributed by atoms with van der Waals surface area (Å²) in [6.07, 6.45) is 2.45. The molecule has 0 spiro atoms. The van der Waals surface area contributed by atoms with E-state index in [1.165, 1.54) is 0 Å². The van der Waals surface area contributed by atoms with Gasteiger partial charge in [0.05, 0.1) is 6.54 Å². The molecular formula is C9H16N2O3. The molecule has 1 aliphatic rings. The molecule has 0 saturated carbocycles. The summed E-state index contributed by atoms with van der Waals surface area (Å²) in [6, 6.07) is 0. The van der Waals surface area contributed by atoms with Crippen molar-refractivity contribution in [2.75, 3.05) is 26.2 Å². The zero-order valence-electron chi connectivity index (χ0n) is 8.16. The molecule has 5 heteroatoms. The molecule has 0 unspecified atom stereocenters. The summed E-state index contributed by atoms with van der Waals surface area (Å²) in [6.45, 7) is 2.24. The van der Waals surface area contributed by atoms with Gasteiger partial charge in [-0.2, -0.15) is 0 Å². The Bertz CT molecular complexity index is 218. The smallest absolute Gasteiger partial charge is 0.317 e. The van der Waals surface area contributed by atoms with Crippen LogP contribution in [0.4, 0.5) is 0 Å². The summed E-state index contributed by atoms with van der Waals surface area (Å²) in [5.41, 5.74) is 0. The van der Waals surface area contributed by atoms with E-state index < -0.39 is 5.97 Å². The van der Waals surface area contributed by atoms with Crippen molar-refractivity contribution < 1.29 is 14.7 Å². The second-order valence-corrected chi connectivity index (χ2v) is 3.41. The Morgan fingerprint density at radius 1 is 1.57 bits per heavy atom. The van der Waals surface area contributed by atoms with Crippen LogP contribution in [0.5, 0.6) is 0 Å². The molecule has 0 atom stereocenters. The van der Waals surface area contributed by atoms with Crippen molar-refractivity contribution in [2.45, 2.75) is 19.3 Å². The number of carboxylic acid groups (broad SMARTS) is 1. The van der Waals surface area contributed by atoms with E-state index >= 15 is 0 Å². The van der Waals surface area contributed by atoms with Gasteiger partial charge in [-0.15, -0.1) is 0 Å². The third-order valence-electron chi connectivity index (χ3n) is 2.23. The quantitative estimate of drug-likeness (QED) is 0.576. The number of amides is 1. The van der Waals surface area contributed by atoms with Crippen LogP contribution in [0.25, 0.3) is 0 Å². The fraction of sp³-hybridized carbons (Fsp3) is 0.778. The first kappa shape index (κ1) is 11.0. The monoisotopic (exact) mass is 200 g/mol. The lowest BCUT2D eigenvalue weighted by atomic mass is 10.4. The van der Waals surface area contributed by atoms with Gasteiger partial charge in [0.25, 0.3) is 0 Å². The van der Waals surface area contributed by atoms with Crippen molar-refractivity contribution in [3.8, 4) is 0 Å². The van der Waals surface area contributed by atoms with Crippen LogP contribution in [0.1, 0.15) is 19.3 Å². The van der Waals surface area contributed by atoms with E-state index in [9.17, 15) is 9.59 Å². The minimum Gasteiger partial charge on any atom is -0.480 e. The minimum absolute atomic E-state index is 0.00601. The molecule has 0 aliphatic carbocycles. The maximum absolute atomic E-state index is 11.2. The van der Waals surface area contributed by atoms with Crippen LogP contribution >= 0.6 is 0 Å². The van der Waals surface area contributed by atoms with E-state index in [4.69, 9.17) is 5.11 Å². The zero-order valence-corrected chi connectivity index (χ0v) is 8.16. The molecule has 0 aromatic heterocycles. The lowest BCUT2D eigenvalue weighted by Gasteiger charge is -2.14. The first-order chi connectivity index (χ1) is 6.70. The van der Waals surface area contributed by atoms with E-state index in [-0.39, 0.29) is 12.5 Å². The number of carboxylic acids is 1. The van der Waals surface area contributed by atoms with Gasteiger partial charge in [0, 0.05) is 19.5 Å². The number of carbonyl (C=O) groups is 2. The minimum atomic E-state index is -0.845. The van der Waals surface area contributed by atoms with Gasteiger partial charge in [-0.3, -0.25) is 9.59 Å². The summed E-state index contributed by atoms with van der Waals surface area (Å²) in [5, 5.41) is 11.1. The molecule has 0 aromatic carbocycles. The van der Waals surface area contributed by atoms with Gasteiger partial charge < -0.3 is 15.3 Å². The molecule has 14 heavy (non-hydrogen) atoms. The van der Waals surface area contributed by atoms with E-state index in [1.807, 2.05) is 4.90 Å². The molecule has 0 radical (unpaired) electrons. The molecule has 5 nitrogen and oxygen atoms in total. The predicted molar refractivity (Wildman–Crippen MR) is 50.9 cm³/mol. The molecule has 0 bridgehead atoms. The highest BCUT2D eigenvalue weighted by atomic mass is 16.4. The Hall–Kier alpha value is -1.10. The predicted octanol–water partition coefficient (Wildman–Crippen LogP) is -0.327. The number of nitrogens with zero attached hydrogens (tertiary/aromatic N) is 1. The molecule has 1 rings (SSSR count). The van der Waals surface area contributed by atoms with Crippen LogP contribution in [-0.2, 0) is 9.59 Å². The van der Waals surface area contributed by atoms with Gasteiger partial charge in [0.15, 0.2) is 0 Å².